The van der Waals surface area contributed by atoms with Gasteiger partial charge in [0.1, 0.15) is 6.23 Å². The molecule has 0 atom stereocenters. The molecule has 0 aromatic heterocycles. The zero-order valence-corrected chi connectivity index (χ0v) is 17.8. The Balaban J connectivity index is 4.63. The van der Waals surface area contributed by atoms with E-state index in [1.165, 1.54) is 0 Å². The summed E-state index contributed by atoms with van der Waals surface area (Å²) in [7, 11) is -5.30. The minimum Gasteiger partial charge on any atom is -0.464 e. The van der Waals surface area contributed by atoms with E-state index in [0.29, 0.717) is 6.23 Å². The van der Waals surface area contributed by atoms with Gasteiger partial charge in [-0.2, -0.15) is 0 Å². The van der Waals surface area contributed by atoms with Crippen LogP contribution < -0.4 is 0 Å². The van der Waals surface area contributed by atoms with Crippen LogP contribution in [0.25, 0.3) is 0 Å². The fraction of sp³-hybridized carbons (Fsp3) is 0.923. The highest BCUT2D eigenvalue weighted by Gasteiger charge is 2.32. The highest BCUT2D eigenvalue weighted by atomic mass is 28.4. The van der Waals surface area contributed by atoms with Gasteiger partial charge >= 0.3 is 15.3 Å². The molecule has 0 saturated carbocycles. The van der Waals surface area contributed by atoms with Crippen molar-refractivity contribution in [1.82, 2.24) is 0 Å². The third-order valence-corrected chi connectivity index (χ3v) is 11.0. The van der Waals surface area contributed by atoms with E-state index in [1.54, 1.807) is 0 Å². The predicted octanol–water partition coefficient (Wildman–Crippen LogP) is 3.43. The third kappa shape index (κ3) is 9.06. The molecule has 0 amide bonds. The number of rotatable bonds is 8. The lowest BCUT2D eigenvalue weighted by Gasteiger charge is -2.31. The van der Waals surface area contributed by atoms with Gasteiger partial charge < -0.3 is 13.0 Å². The molecule has 0 N–H and O–H groups in total. The Morgan fingerprint density at radius 2 is 1.40 bits per heavy atom. The van der Waals surface area contributed by atoms with Crippen molar-refractivity contribution in [3.05, 3.63) is 0 Å². The van der Waals surface area contributed by atoms with E-state index in [4.69, 9.17) is 13.0 Å². The standard InChI is InChI=1S/C13H32O4Si3/c1-10-13(2,3)12(14)15-11-18(16-19(4,5)6)17-20(7,8)9/h18H,10-11H2,1-9H3. The number of ether oxygens (including phenoxy) is 1. The zero-order chi connectivity index (χ0) is 16.2. The van der Waals surface area contributed by atoms with Crippen molar-refractivity contribution in [1.29, 1.82) is 0 Å². The van der Waals surface area contributed by atoms with Gasteiger partial charge in [0, 0.05) is 0 Å². The Bertz CT molecular complexity index is 303. The van der Waals surface area contributed by atoms with E-state index < -0.39 is 31.3 Å². The molecular weight excluding hydrogens is 304 g/mol. The SMILES string of the molecule is CCC(C)(C)C(=O)OC[SiH](O[Si](C)(C)C)O[Si](C)(C)C. The van der Waals surface area contributed by atoms with Crippen molar-refractivity contribution in [3.63, 3.8) is 0 Å². The minimum absolute atomic E-state index is 0.157. The first-order chi connectivity index (χ1) is 8.77. The summed E-state index contributed by atoms with van der Waals surface area (Å²) in [5.74, 6) is -0.157. The smallest absolute Gasteiger partial charge is 0.340 e. The van der Waals surface area contributed by atoms with Crippen LogP contribution in [0.4, 0.5) is 0 Å². The zero-order valence-electron chi connectivity index (χ0n) is 14.6. The maximum absolute atomic E-state index is 12.0. The summed E-state index contributed by atoms with van der Waals surface area (Å²) in [5, 5.41) is 0. The monoisotopic (exact) mass is 336 g/mol. The molecule has 0 rings (SSSR count). The summed E-state index contributed by atoms with van der Waals surface area (Å²) in [5.41, 5.74) is -0.433. The van der Waals surface area contributed by atoms with E-state index in [9.17, 15) is 4.79 Å². The molecule has 0 aromatic rings. The molecule has 0 radical (unpaired) electrons. The van der Waals surface area contributed by atoms with Crippen molar-refractivity contribution >= 4 is 31.9 Å². The Morgan fingerprint density at radius 1 is 1.00 bits per heavy atom. The topological polar surface area (TPSA) is 44.8 Å². The summed E-state index contributed by atoms with van der Waals surface area (Å²) >= 11 is 0. The van der Waals surface area contributed by atoms with Crippen molar-refractivity contribution in [3.8, 4) is 0 Å². The summed E-state index contributed by atoms with van der Waals surface area (Å²) < 4.78 is 17.7. The van der Waals surface area contributed by atoms with Crippen LogP contribution in [0.15, 0.2) is 0 Å². The number of carbonyl (C=O) groups excluding carboxylic acids is 1. The second kappa shape index (κ2) is 7.35. The molecule has 0 unspecified atom stereocenters. The van der Waals surface area contributed by atoms with E-state index in [1.807, 2.05) is 20.8 Å². The quantitative estimate of drug-likeness (QED) is 0.503. The molecule has 7 heteroatoms. The Kier molecular flexibility index (Phi) is 7.36. The summed E-state index contributed by atoms with van der Waals surface area (Å²) in [6, 6.07) is 0. The first-order valence-electron chi connectivity index (χ1n) is 7.30. The predicted molar refractivity (Wildman–Crippen MR) is 91.0 cm³/mol. The largest absolute Gasteiger partial charge is 0.464 e. The van der Waals surface area contributed by atoms with Gasteiger partial charge in [-0.25, -0.2) is 0 Å². The van der Waals surface area contributed by atoms with Crippen LogP contribution in [-0.4, -0.2) is 38.1 Å². The maximum atomic E-state index is 12.0. The van der Waals surface area contributed by atoms with Crippen LogP contribution in [-0.2, 0) is 17.8 Å². The van der Waals surface area contributed by atoms with Crippen LogP contribution in [0.3, 0.4) is 0 Å². The molecular formula is C13H32O4Si3. The van der Waals surface area contributed by atoms with Crippen molar-refractivity contribution < 1.29 is 17.8 Å². The van der Waals surface area contributed by atoms with Gasteiger partial charge in [0.2, 0.25) is 0 Å². The minimum atomic E-state index is -1.94. The second-order valence-corrected chi connectivity index (χ2v) is 19.3. The third-order valence-electron chi connectivity index (χ3n) is 2.76. The van der Waals surface area contributed by atoms with Gasteiger partial charge in [-0.1, -0.05) is 6.92 Å². The lowest BCUT2D eigenvalue weighted by Crippen LogP contribution is -2.46. The highest BCUT2D eigenvalue weighted by molar-refractivity contribution is 6.81. The van der Waals surface area contributed by atoms with Gasteiger partial charge in [0.25, 0.3) is 0 Å². The van der Waals surface area contributed by atoms with Crippen LogP contribution in [0.1, 0.15) is 27.2 Å². The highest BCUT2D eigenvalue weighted by Crippen LogP contribution is 2.22. The molecule has 0 saturated heterocycles. The summed E-state index contributed by atoms with van der Waals surface area (Å²) in [6.45, 7) is 18.6. The average molecular weight is 337 g/mol. The second-order valence-electron chi connectivity index (χ2n) is 7.73. The van der Waals surface area contributed by atoms with E-state index >= 15 is 0 Å². The molecule has 0 spiro atoms. The van der Waals surface area contributed by atoms with Crippen LogP contribution in [0.2, 0.25) is 39.3 Å². The van der Waals surface area contributed by atoms with Crippen LogP contribution in [0.5, 0.6) is 0 Å². The Labute approximate surface area is 128 Å². The maximum Gasteiger partial charge on any atom is 0.340 e. The van der Waals surface area contributed by atoms with Crippen LogP contribution in [0, 0.1) is 5.41 Å². The fourth-order valence-electron chi connectivity index (χ4n) is 1.36. The first-order valence-corrected chi connectivity index (χ1v) is 15.9. The number of carbonyl (C=O) groups is 1. The number of esters is 1. The lowest BCUT2D eigenvalue weighted by atomic mass is 9.91. The molecule has 0 bridgehead atoms. The van der Waals surface area contributed by atoms with Crippen LogP contribution >= 0.6 is 0 Å². The molecule has 0 heterocycles. The normalized spacial score (nSPS) is 13.7. The van der Waals surface area contributed by atoms with E-state index in [2.05, 4.69) is 39.3 Å². The molecule has 0 aliphatic carbocycles. The van der Waals surface area contributed by atoms with Crippen molar-refractivity contribution in [2.24, 2.45) is 5.41 Å². The van der Waals surface area contributed by atoms with Gasteiger partial charge in [0.15, 0.2) is 16.6 Å². The first kappa shape index (κ1) is 20.0. The average Bonchev–Trinajstić information content (AvgIpc) is 2.21. The molecule has 20 heavy (non-hydrogen) atoms. The van der Waals surface area contributed by atoms with Crippen molar-refractivity contribution in [2.45, 2.75) is 66.5 Å². The number of hydrogen-bond donors (Lipinski definition) is 0. The fourth-order valence-corrected chi connectivity index (χ4v) is 9.13. The Hall–Kier alpha value is 0.0406. The van der Waals surface area contributed by atoms with Crippen molar-refractivity contribution in [2.75, 3.05) is 6.23 Å². The molecule has 120 valence electrons. The summed E-state index contributed by atoms with van der Waals surface area (Å²) in [4.78, 5) is 12.0. The van der Waals surface area contributed by atoms with Gasteiger partial charge in [0.05, 0.1) is 5.41 Å². The van der Waals surface area contributed by atoms with E-state index in [0.717, 1.165) is 6.42 Å². The molecule has 0 aromatic carbocycles. The molecule has 4 nitrogen and oxygen atoms in total. The Morgan fingerprint density at radius 3 is 1.70 bits per heavy atom. The van der Waals surface area contributed by atoms with Gasteiger partial charge in [-0.3, -0.25) is 4.79 Å². The molecule has 0 aliphatic heterocycles. The van der Waals surface area contributed by atoms with Gasteiger partial charge in [-0.05, 0) is 59.6 Å². The lowest BCUT2D eigenvalue weighted by molar-refractivity contribution is -0.152. The van der Waals surface area contributed by atoms with E-state index in [-0.39, 0.29) is 5.97 Å². The number of hydrogen-bond acceptors (Lipinski definition) is 4. The van der Waals surface area contributed by atoms with Gasteiger partial charge in [-0.15, -0.1) is 0 Å². The molecule has 0 fully saturated rings. The molecule has 0 aliphatic rings. The summed E-state index contributed by atoms with van der Waals surface area (Å²) in [6.07, 6.45) is 1.08.